The Morgan fingerprint density at radius 1 is 0.967 bits per heavy atom. The maximum Gasteiger partial charge on any atom is 0.108 e. The van der Waals surface area contributed by atoms with Crippen LogP contribution in [0.25, 0.3) is 0 Å². The molecule has 1 unspecified atom stereocenters. The molecule has 30 heavy (non-hydrogen) atoms. The predicted octanol–water partition coefficient (Wildman–Crippen LogP) is 3.91. The SMILES string of the molecule is NCC1=CC2=CCN1C(N1CCCCCNCCCSCCC1)c1ccc(cc1)C2. The number of hydrogen-bond donors (Lipinski definition) is 2. The van der Waals surface area contributed by atoms with Gasteiger partial charge in [-0.25, -0.2) is 0 Å². The minimum atomic E-state index is 0.279. The largest absolute Gasteiger partial charge is 0.350 e. The molecule has 5 heteroatoms. The monoisotopic (exact) mass is 426 g/mol. The van der Waals surface area contributed by atoms with Gasteiger partial charge in [0.2, 0.25) is 0 Å². The van der Waals surface area contributed by atoms with Crippen LogP contribution in [0.3, 0.4) is 0 Å². The summed E-state index contributed by atoms with van der Waals surface area (Å²) in [4.78, 5) is 5.29. The average molecular weight is 427 g/mol. The van der Waals surface area contributed by atoms with Crippen molar-refractivity contribution < 1.29 is 0 Å². The van der Waals surface area contributed by atoms with E-state index in [0.717, 1.165) is 32.6 Å². The molecule has 1 aromatic carbocycles. The molecule has 4 nitrogen and oxygen atoms in total. The van der Waals surface area contributed by atoms with Gasteiger partial charge in [-0.1, -0.05) is 36.8 Å². The van der Waals surface area contributed by atoms with Gasteiger partial charge < -0.3 is 16.0 Å². The number of hydrogen-bond acceptors (Lipinski definition) is 5. The molecule has 7 rings (SSSR count). The van der Waals surface area contributed by atoms with Gasteiger partial charge in [0.1, 0.15) is 6.17 Å². The molecule has 0 amide bonds. The van der Waals surface area contributed by atoms with Crippen LogP contribution in [0.1, 0.15) is 49.4 Å². The normalized spacial score (nSPS) is 24.8. The molecule has 0 spiro atoms. The second-order valence-corrected chi connectivity index (χ2v) is 9.95. The lowest BCUT2D eigenvalue weighted by Gasteiger charge is -2.44. The second kappa shape index (κ2) is 11.4. The third-order valence-electron chi connectivity index (χ3n) is 6.48. The Balaban J connectivity index is 1.58. The summed E-state index contributed by atoms with van der Waals surface area (Å²) in [7, 11) is 0. The molecule has 6 heterocycles. The quantitative estimate of drug-likeness (QED) is 0.751. The molecule has 1 atom stereocenters. The zero-order chi connectivity index (χ0) is 20.6. The van der Waals surface area contributed by atoms with Crippen molar-refractivity contribution in [2.45, 2.75) is 44.7 Å². The van der Waals surface area contributed by atoms with Crippen molar-refractivity contribution in [3.05, 3.63) is 58.8 Å². The Kier molecular flexibility index (Phi) is 8.32. The van der Waals surface area contributed by atoms with Crippen LogP contribution in [0.5, 0.6) is 0 Å². The predicted molar refractivity (Wildman–Crippen MR) is 130 cm³/mol. The number of nitrogens with one attached hydrogen (secondary N) is 1. The number of nitrogens with two attached hydrogens (primary N) is 1. The highest BCUT2D eigenvalue weighted by atomic mass is 32.2. The first-order valence-corrected chi connectivity index (χ1v) is 13.0. The van der Waals surface area contributed by atoms with E-state index in [2.05, 4.69) is 63.3 Å². The molecular weight excluding hydrogens is 388 g/mol. The molecule has 4 bridgehead atoms. The van der Waals surface area contributed by atoms with Gasteiger partial charge in [-0.2, -0.15) is 11.8 Å². The minimum absolute atomic E-state index is 0.279. The number of benzene rings is 1. The van der Waals surface area contributed by atoms with Gasteiger partial charge in [0.05, 0.1) is 0 Å². The fourth-order valence-corrected chi connectivity index (χ4v) is 5.76. The van der Waals surface area contributed by atoms with E-state index < -0.39 is 0 Å². The van der Waals surface area contributed by atoms with Crippen LogP contribution in [0, 0.1) is 0 Å². The van der Waals surface area contributed by atoms with E-state index in [0.29, 0.717) is 6.54 Å². The van der Waals surface area contributed by atoms with E-state index in [1.54, 1.807) is 0 Å². The van der Waals surface area contributed by atoms with Gasteiger partial charge in [-0.3, -0.25) is 4.90 Å². The number of rotatable bonds is 2. The summed E-state index contributed by atoms with van der Waals surface area (Å²) in [5.74, 6) is 2.53. The van der Waals surface area contributed by atoms with Crippen LogP contribution < -0.4 is 11.1 Å². The summed E-state index contributed by atoms with van der Waals surface area (Å²) < 4.78 is 0. The van der Waals surface area contributed by atoms with Crippen LogP contribution >= 0.6 is 11.8 Å². The highest BCUT2D eigenvalue weighted by Crippen LogP contribution is 2.34. The fourth-order valence-electron chi connectivity index (χ4n) is 4.87. The summed E-state index contributed by atoms with van der Waals surface area (Å²) in [6.45, 7) is 6.23. The fraction of sp³-hybridized carbons (Fsp3) is 0.600. The number of allylic oxidation sites excluding steroid dienone is 2. The van der Waals surface area contributed by atoms with Gasteiger partial charge in [0.25, 0.3) is 0 Å². The van der Waals surface area contributed by atoms with Crippen LogP contribution in [0.4, 0.5) is 0 Å². The van der Waals surface area contributed by atoms with Gasteiger partial charge >= 0.3 is 0 Å². The smallest absolute Gasteiger partial charge is 0.108 e. The third-order valence-corrected chi connectivity index (χ3v) is 7.64. The first-order chi connectivity index (χ1) is 14.8. The van der Waals surface area contributed by atoms with Gasteiger partial charge in [0, 0.05) is 31.9 Å². The Bertz CT molecular complexity index is 713. The molecule has 1 fully saturated rings. The van der Waals surface area contributed by atoms with Crippen LogP contribution in [0.2, 0.25) is 0 Å². The summed E-state index contributed by atoms with van der Waals surface area (Å²) in [5.41, 5.74) is 11.8. The molecule has 0 aromatic heterocycles. The van der Waals surface area contributed by atoms with Gasteiger partial charge in [-0.15, -0.1) is 0 Å². The number of nitrogens with zero attached hydrogens (tertiary/aromatic N) is 2. The van der Waals surface area contributed by atoms with Crippen LogP contribution in [-0.2, 0) is 6.42 Å². The first-order valence-electron chi connectivity index (χ1n) is 11.8. The van der Waals surface area contributed by atoms with Crippen molar-refractivity contribution in [1.29, 1.82) is 0 Å². The standard InChI is InChI=1S/C25H38N4S/c26-20-24-19-22-10-15-29(24)25(23-8-6-21(18-22)7-9-23)28-13-3-1-2-11-27-12-4-16-30-17-5-14-28/h6-10,19,25,27H,1-5,11-18,20,26H2. The van der Waals surface area contributed by atoms with E-state index >= 15 is 0 Å². The Hall–Kier alpha value is -1.27. The lowest BCUT2D eigenvalue weighted by Crippen LogP contribution is -2.44. The Morgan fingerprint density at radius 2 is 1.77 bits per heavy atom. The summed E-state index contributed by atoms with van der Waals surface area (Å²) in [6.07, 6.45) is 12.4. The lowest BCUT2D eigenvalue weighted by molar-refractivity contribution is 0.0694. The molecule has 0 aliphatic carbocycles. The highest BCUT2D eigenvalue weighted by Gasteiger charge is 2.29. The molecule has 0 radical (unpaired) electrons. The zero-order valence-corrected chi connectivity index (χ0v) is 19.1. The molecule has 0 saturated carbocycles. The number of thioether (sulfide) groups is 1. The van der Waals surface area contributed by atoms with E-state index in [1.165, 1.54) is 72.6 Å². The molecule has 164 valence electrons. The molecule has 3 N–H and O–H groups in total. The van der Waals surface area contributed by atoms with Crippen LogP contribution in [-0.4, -0.2) is 60.6 Å². The maximum absolute atomic E-state index is 6.24. The van der Waals surface area contributed by atoms with Crippen molar-refractivity contribution in [3.63, 3.8) is 0 Å². The zero-order valence-electron chi connectivity index (χ0n) is 18.3. The van der Waals surface area contributed by atoms with Crippen molar-refractivity contribution >= 4 is 11.8 Å². The van der Waals surface area contributed by atoms with E-state index in [1.807, 2.05) is 0 Å². The van der Waals surface area contributed by atoms with E-state index in [-0.39, 0.29) is 6.17 Å². The lowest BCUT2D eigenvalue weighted by atomic mass is 9.95. The third kappa shape index (κ3) is 5.70. The first kappa shape index (κ1) is 21.9. The van der Waals surface area contributed by atoms with E-state index in [4.69, 9.17) is 5.73 Å². The van der Waals surface area contributed by atoms with Gasteiger partial charge in [0.15, 0.2) is 0 Å². The molecular formula is C25H38N4S. The topological polar surface area (TPSA) is 44.5 Å². The van der Waals surface area contributed by atoms with Crippen molar-refractivity contribution in [2.75, 3.05) is 50.8 Å². The summed E-state index contributed by atoms with van der Waals surface area (Å²) >= 11 is 2.12. The summed E-state index contributed by atoms with van der Waals surface area (Å²) in [5, 5.41) is 3.61. The second-order valence-electron chi connectivity index (χ2n) is 8.73. The Labute approximate surface area is 187 Å². The molecule has 1 aromatic rings. The summed E-state index contributed by atoms with van der Waals surface area (Å²) in [6, 6.07) is 9.37. The van der Waals surface area contributed by atoms with Gasteiger partial charge in [-0.05, 0) is 79.5 Å². The maximum atomic E-state index is 6.24. The molecule has 6 aliphatic heterocycles. The minimum Gasteiger partial charge on any atom is -0.350 e. The highest BCUT2D eigenvalue weighted by molar-refractivity contribution is 7.99. The molecule has 1 saturated heterocycles. The van der Waals surface area contributed by atoms with E-state index in [9.17, 15) is 0 Å². The van der Waals surface area contributed by atoms with Crippen molar-refractivity contribution in [2.24, 2.45) is 5.73 Å². The van der Waals surface area contributed by atoms with Crippen molar-refractivity contribution in [1.82, 2.24) is 15.1 Å². The Morgan fingerprint density at radius 3 is 2.63 bits per heavy atom. The molecule has 6 aliphatic rings. The van der Waals surface area contributed by atoms with Crippen molar-refractivity contribution in [3.8, 4) is 0 Å². The average Bonchev–Trinajstić information content (AvgIpc) is 2.79. The van der Waals surface area contributed by atoms with Crippen LogP contribution in [0.15, 0.2) is 47.7 Å².